The second-order valence-corrected chi connectivity index (χ2v) is 3.02. The van der Waals surface area contributed by atoms with E-state index in [2.05, 4.69) is 16.2 Å². The van der Waals surface area contributed by atoms with Crippen LogP contribution in [0.1, 0.15) is 19.3 Å². The lowest BCUT2D eigenvalue weighted by atomic mass is 10.1. The zero-order valence-corrected chi connectivity index (χ0v) is 8.75. The lowest BCUT2D eigenvalue weighted by molar-refractivity contribution is -0.139. The number of aliphatic carboxylic acids is 1. The molecule has 0 heterocycles. The van der Waals surface area contributed by atoms with Crippen molar-refractivity contribution in [3.05, 3.63) is 0 Å². The topological polar surface area (TPSA) is 116 Å². The molecule has 0 spiro atoms. The number of nitrogens with one attached hydrogen (secondary N) is 3. The second-order valence-electron chi connectivity index (χ2n) is 3.02. The van der Waals surface area contributed by atoms with Crippen molar-refractivity contribution in [1.82, 2.24) is 16.2 Å². The Balaban J connectivity index is 3.83. The van der Waals surface area contributed by atoms with Gasteiger partial charge in [0.25, 0.3) is 0 Å². The molecule has 0 aliphatic carbocycles. The van der Waals surface area contributed by atoms with Crippen molar-refractivity contribution < 1.29 is 14.7 Å². The smallest absolute Gasteiger partial charge is 0.328 e. The highest BCUT2D eigenvalue weighted by molar-refractivity contribution is 5.76. The number of urea groups is 1. The molecular formula is C8H18N4O3. The van der Waals surface area contributed by atoms with Crippen LogP contribution in [0.25, 0.3) is 0 Å². The number of nitrogens with two attached hydrogens (primary N) is 1. The maximum Gasteiger partial charge on any atom is 0.328 e. The third kappa shape index (κ3) is 6.69. The minimum atomic E-state index is -0.997. The summed E-state index contributed by atoms with van der Waals surface area (Å²) >= 11 is 0. The van der Waals surface area contributed by atoms with Crippen molar-refractivity contribution in [2.75, 3.05) is 13.6 Å². The number of unbranched alkanes of at least 4 members (excludes halogenated alkanes) is 1. The first-order valence-electron chi connectivity index (χ1n) is 4.78. The summed E-state index contributed by atoms with van der Waals surface area (Å²) in [5.41, 5.74) is 9.94. The molecule has 0 unspecified atom stereocenters. The monoisotopic (exact) mass is 218 g/mol. The number of carboxylic acid groups (broad SMARTS) is 1. The first-order valence-corrected chi connectivity index (χ1v) is 4.78. The van der Waals surface area contributed by atoms with Crippen LogP contribution < -0.4 is 21.9 Å². The van der Waals surface area contributed by atoms with Crippen LogP contribution >= 0.6 is 0 Å². The van der Waals surface area contributed by atoms with Gasteiger partial charge in [-0.1, -0.05) is 0 Å². The van der Waals surface area contributed by atoms with E-state index in [4.69, 9.17) is 10.8 Å². The maximum atomic E-state index is 10.8. The van der Waals surface area contributed by atoms with Crippen molar-refractivity contribution in [3.63, 3.8) is 0 Å². The van der Waals surface area contributed by atoms with Gasteiger partial charge in [-0.25, -0.2) is 10.2 Å². The van der Waals surface area contributed by atoms with Crippen molar-refractivity contribution in [2.45, 2.75) is 25.3 Å². The van der Waals surface area contributed by atoms with E-state index in [1.54, 1.807) is 0 Å². The Hall–Kier alpha value is -1.34. The third-order valence-corrected chi connectivity index (χ3v) is 1.83. The van der Waals surface area contributed by atoms with Crippen LogP contribution in [-0.4, -0.2) is 36.7 Å². The average Bonchev–Trinajstić information content (AvgIpc) is 2.22. The van der Waals surface area contributed by atoms with Crippen LogP contribution in [0.5, 0.6) is 0 Å². The summed E-state index contributed by atoms with van der Waals surface area (Å²) in [6.45, 7) is 0.537. The van der Waals surface area contributed by atoms with Crippen LogP contribution in [0.15, 0.2) is 0 Å². The van der Waals surface area contributed by atoms with Crippen LogP contribution in [-0.2, 0) is 4.79 Å². The Bertz CT molecular complexity index is 210. The molecule has 0 aromatic carbocycles. The van der Waals surface area contributed by atoms with Gasteiger partial charge in [-0.2, -0.15) is 0 Å². The summed E-state index contributed by atoms with van der Waals surface area (Å²) in [4.78, 5) is 21.5. The molecule has 15 heavy (non-hydrogen) atoms. The molecule has 1 atom stereocenters. The molecule has 7 heteroatoms. The Morgan fingerprint density at radius 2 is 2.07 bits per heavy atom. The highest BCUT2D eigenvalue weighted by atomic mass is 16.4. The van der Waals surface area contributed by atoms with Crippen LogP contribution in [0, 0.1) is 0 Å². The van der Waals surface area contributed by atoms with Gasteiger partial charge in [0, 0.05) is 7.05 Å². The fourth-order valence-corrected chi connectivity index (χ4v) is 0.965. The first-order chi connectivity index (χ1) is 7.11. The Morgan fingerprint density at radius 1 is 1.40 bits per heavy atom. The normalized spacial score (nSPS) is 11.9. The number of carbonyl (C=O) groups is 2. The molecule has 0 bridgehead atoms. The molecular weight excluding hydrogens is 200 g/mol. The van der Waals surface area contributed by atoms with Crippen molar-refractivity contribution in [3.8, 4) is 0 Å². The van der Waals surface area contributed by atoms with E-state index in [9.17, 15) is 9.59 Å². The minimum absolute atomic E-state index is 0.427. The van der Waals surface area contributed by atoms with E-state index in [0.717, 1.165) is 6.42 Å². The second kappa shape index (κ2) is 8.01. The van der Waals surface area contributed by atoms with E-state index in [1.807, 2.05) is 0 Å². The quantitative estimate of drug-likeness (QED) is 0.278. The van der Waals surface area contributed by atoms with Crippen molar-refractivity contribution >= 4 is 12.0 Å². The number of amides is 2. The molecule has 0 aliphatic rings. The molecule has 0 radical (unpaired) electrons. The molecule has 7 nitrogen and oxygen atoms in total. The van der Waals surface area contributed by atoms with Gasteiger partial charge < -0.3 is 16.2 Å². The van der Waals surface area contributed by atoms with Crippen LogP contribution in [0.3, 0.4) is 0 Å². The number of carboxylic acids is 1. The van der Waals surface area contributed by atoms with Gasteiger partial charge in [0.2, 0.25) is 0 Å². The van der Waals surface area contributed by atoms with Gasteiger partial charge in [-0.3, -0.25) is 10.2 Å². The summed E-state index contributed by atoms with van der Waals surface area (Å²) in [6, 6.07) is -1.26. The number of hydrazine groups is 1. The average molecular weight is 218 g/mol. The Kier molecular flexibility index (Phi) is 7.29. The van der Waals surface area contributed by atoms with Gasteiger partial charge in [-0.05, 0) is 25.8 Å². The zero-order valence-electron chi connectivity index (χ0n) is 8.75. The Morgan fingerprint density at radius 3 is 2.53 bits per heavy atom. The van der Waals surface area contributed by atoms with Gasteiger partial charge in [0.05, 0.1) is 0 Å². The van der Waals surface area contributed by atoms with E-state index in [-0.39, 0.29) is 0 Å². The molecule has 0 rings (SSSR count). The molecule has 0 aromatic rings. The predicted molar refractivity (Wildman–Crippen MR) is 55.1 cm³/mol. The highest BCUT2D eigenvalue weighted by Crippen LogP contribution is 1.99. The van der Waals surface area contributed by atoms with Gasteiger partial charge in [0.1, 0.15) is 6.04 Å². The number of carbonyl (C=O) groups excluding carboxylic acids is 1. The predicted octanol–water partition coefficient (Wildman–Crippen LogP) is -0.998. The molecule has 88 valence electrons. The van der Waals surface area contributed by atoms with E-state index >= 15 is 0 Å². The fourth-order valence-electron chi connectivity index (χ4n) is 0.965. The fraction of sp³-hybridized carbons (Fsp3) is 0.750. The van der Waals surface area contributed by atoms with Gasteiger partial charge >= 0.3 is 12.0 Å². The van der Waals surface area contributed by atoms with Gasteiger partial charge in [-0.15, -0.1) is 0 Å². The standard InChI is InChI=1S/C8H18N4O3/c1-10-8(15)12-11-6(7(13)14)4-2-3-5-9/h6,11H,2-5,9H2,1H3,(H,13,14)(H2,10,12,15)/t6-/m0/s1. The molecule has 0 aliphatic heterocycles. The van der Waals surface area contributed by atoms with Gasteiger partial charge in [0.15, 0.2) is 0 Å². The lowest BCUT2D eigenvalue weighted by Gasteiger charge is -2.14. The summed E-state index contributed by atoms with van der Waals surface area (Å²) < 4.78 is 0. The van der Waals surface area contributed by atoms with E-state index in [0.29, 0.717) is 19.4 Å². The Labute approximate surface area is 88.4 Å². The molecule has 0 aromatic heterocycles. The van der Waals surface area contributed by atoms with Crippen molar-refractivity contribution in [2.24, 2.45) is 5.73 Å². The number of hydrogen-bond acceptors (Lipinski definition) is 4. The molecule has 0 saturated heterocycles. The highest BCUT2D eigenvalue weighted by Gasteiger charge is 2.16. The van der Waals surface area contributed by atoms with Crippen molar-refractivity contribution in [1.29, 1.82) is 0 Å². The summed E-state index contributed by atoms with van der Waals surface area (Å²) in [6.07, 6.45) is 1.90. The summed E-state index contributed by atoms with van der Waals surface area (Å²) in [5, 5.41) is 11.1. The van der Waals surface area contributed by atoms with E-state index < -0.39 is 18.0 Å². The molecule has 6 N–H and O–H groups in total. The maximum absolute atomic E-state index is 10.8. The lowest BCUT2D eigenvalue weighted by Crippen LogP contribution is -2.50. The van der Waals surface area contributed by atoms with Crippen LogP contribution in [0.4, 0.5) is 4.79 Å². The molecule has 0 fully saturated rings. The number of hydrogen-bond donors (Lipinski definition) is 5. The third-order valence-electron chi connectivity index (χ3n) is 1.83. The van der Waals surface area contributed by atoms with Crippen LogP contribution in [0.2, 0.25) is 0 Å². The molecule has 0 saturated carbocycles. The molecule has 2 amide bonds. The largest absolute Gasteiger partial charge is 0.480 e. The summed E-state index contributed by atoms with van der Waals surface area (Å²) in [7, 11) is 1.45. The SMILES string of the molecule is CNC(=O)NN[C@@H](CCCCN)C(=O)O. The summed E-state index contributed by atoms with van der Waals surface area (Å²) in [5.74, 6) is -0.997. The number of rotatable bonds is 7. The van der Waals surface area contributed by atoms with E-state index in [1.165, 1.54) is 7.05 Å². The minimum Gasteiger partial charge on any atom is -0.480 e. The first kappa shape index (κ1) is 13.7. The zero-order chi connectivity index (χ0) is 11.7.